The molecule has 0 amide bonds. The van der Waals surface area contributed by atoms with E-state index < -0.39 is 0 Å². The van der Waals surface area contributed by atoms with E-state index in [1.54, 1.807) is 0 Å². The van der Waals surface area contributed by atoms with Gasteiger partial charge in [-0.3, -0.25) is 0 Å². The third kappa shape index (κ3) is 26.4. The van der Waals surface area contributed by atoms with Crippen molar-refractivity contribution in [3.05, 3.63) is 314 Å². The Bertz CT molecular complexity index is 5720. The Morgan fingerprint density at radius 3 is 1.01 bits per heavy atom. The summed E-state index contributed by atoms with van der Waals surface area (Å²) in [6.45, 7) is 66.8. The first-order chi connectivity index (χ1) is 60.3. The minimum absolute atomic E-state index is 1.16. The molecule has 18 aromatic rings. The van der Waals surface area contributed by atoms with Crippen LogP contribution in [0.15, 0.2) is 286 Å². The smallest absolute Gasteiger partial charge is 0.237 e. The minimum Gasteiger partial charge on any atom is -0.237 e. The second-order valence-electron chi connectivity index (χ2n) is 24.9. The fourth-order valence-electron chi connectivity index (χ4n) is 14.2. The molecule has 662 valence electrons. The van der Waals surface area contributed by atoms with Crippen LogP contribution in [0.2, 0.25) is 0 Å². The van der Waals surface area contributed by atoms with Crippen LogP contribution in [-0.4, -0.2) is 27.5 Å². The van der Waals surface area contributed by atoms with Crippen LogP contribution in [0, 0.1) is 34.6 Å². The number of imidazole rings is 1. The zero-order chi connectivity index (χ0) is 93.6. The van der Waals surface area contributed by atoms with Gasteiger partial charge in [-0.05, 0) is 135 Å². The van der Waals surface area contributed by atoms with E-state index in [2.05, 4.69) is 394 Å². The van der Waals surface area contributed by atoms with Gasteiger partial charge in [0, 0.05) is 55.9 Å². The molecule has 123 heavy (non-hydrogen) atoms. The number of pyridine rings is 3. The van der Waals surface area contributed by atoms with Crippen molar-refractivity contribution in [3.63, 3.8) is 0 Å². The van der Waals surface area contributed by atoms with E-state index in [-0.39, 0.29) is 0 Å². The maximum atomic E-state index is 2.36. The molecule has 9 heterocycles. The molecule has 0 saturated carbocycles. The standard InChI is InChI=1S/2C19H17N2.C18H18N3.C17H15N2.C11H13N2.14C2H6/c1-14-8-3-5-11-17(14)21-18-12-6-4-9-15(18)16-10-7-13-20(2)19(16)21;1-14-8-7-10-16-15-9-3-4-11-17(15)21(19(14)16)18-12-5-6-13-20(18)2;1-13-7-6-9-15-14-8-4-5-10-16(14)21(17(13)15)18-19(2)11-12-20(18)3;1-12-6-5-9-15-13-7-3-4-8-14(13)16-10-11-18(2)19(16)17(12)15;1-10-6-3-4-7-11(10)13-9-5-8-12(13)2;14*1-2/h2*3-13H,1-2H3;4-12H,1-3H3;3-11H,1-2H3;3-9H,1-2H3;14*1-2H3/q5*+1;;;;;;;;;;;;;;. The van der Waals surface area contributed by atoms with Gasteiger partial charge in [-0.1, -0.05) is 352 Å². The summed E-state index contributed by atoms with van der Waals surface area (Å²) < 4.78 is 24.4. The summed E-state index contributed by atoms with van der Waals surface area (Å²) >= 11 is 0. The largest absolute Gasteiger partial charge is 0.369 e. The van der Waals surface area contributed by atoms with E-state index in [9.17, 15) is 0 Å². The molecular weight excluding hydrogens is 1500 g/mol. The van der Waals surface area contributed by atoms with E-state index >= 15 is 0 Å². The lowest BCUT2D eigenvalue weighted by molar-refractivity contribution is -0.744. The Kier molecular flexibility index (Phi) is 55.7. The summed E-state index contributed by atoms with van der Waals surface area (Å²) in [4.78, 5) is 0. The first kappa shape index (κ1) is 111. The molecule has 11 nitrogen and oxygen atoms in total. The van der Waals surface area contributed by atoms with Crippen LogP contribution in [0.5, 0.6) is 0 Å². The highest BCUT2D eigenvalue weighted by atomic mass is 15.4. The van der Waals surface area contributed by atoms with Crippen LogP contribution in [-0.2, 0) is 42.3 Å². The van der Waals surface area contributed by atoms with Crippen LogP contribution >= 0.6 is 0 Å². The van der Waals surface area contributed by atoms with Gasteiger partial charge >= 0.3 is 5.95 Å². The van der Waals surface area contributed by atoms with Crippen molar-refractivity contribution in [1.29, 1.82) is 0 Å². The zero-order valence-corrected chi connectivity index (χ0v) is 84.1. The Morgan fingerprint density at radius 2 is 0.569 bits per heavy atom. The first-order valence-corrected chi connectivity index (χ1v) is 46.5. The minimum atomic E-state index is 1.16. The van der Waals surface area contributed by atoms with Crippen LogP contribution < -0.4 is 23.1 Å². The van der Waals surface area contributed by atoms with E-state index in [4.69, 9.17) is 0 Å². The third-order valence-corrected chi connectivity index (χ3v) is 18.7. The van der Waals surface area contributed by atoms with Gasteiger partial charge in [0.15, 0.2) is 26.5 Å². The van der Waals surface area contributed by atoms with E-state index in [1.165, 1.54) is 138 Å². The van der Waals surface area contributed by atoms with Crippen molar-refractivity contribution in [2.45, 2.75) is 228 Å². The maximum absolute atomic E-state index is 2.36. The van der Waals surface area contributed by atoms with Crippen molar-refractivity contribution < 1.29 is 23.1 Å². The molecule has 0 bridgehead atoms. The van der Waals surface area contributed by atoms with Gasteiger partial charge in [0.2, 0.25) is 0 Å². The van der Waals surface area contributed by atoms with E-state index in [0.717, 1.165) is 5.95 Å². The molecule has 0 aliphatic rings. The molecule has 0 fully saturated rings. The van der Waals surface area contributed by atoms with Gasteiger partial charge in [-0.2, -0.15) is 13.7 Å². The quantitative estimate of drug-likeness (QED) is 0.125. The molecule has 9 aromatic heterocycles. The Hall–Kier alpha value is -11.7. The molecule has 9 aromatic carbocycles. The van der Waals surface area contributed by atoms with Gasteiger partial charge < -0.3 is 0 Å². The number of rotatable bonds is 4. The molecule has 18 rings (SSSR count). The fraction of sp³-hybridized carbons (Fsp3) is 0.348. The Morgan fingerprint density at radius 1 is 0.220 bits per heavy atom. The molecule has 0 radical (unpaired) electrons. The van der Waals surface area contributed by atoms with Crippen molar-refractivity contribution in [1.82, 2.24) is 27.5 Å². The maximum Gasteiger partial charge on any atom is 0.369 e. The number of aryl methyl sites for hydroxylation is 11. The molecule has 0 N–H and O–H groups in total. The Balaban J connectivity index is 0.00000142. The molecular formula is C112H164N11+5. The van der Waals surface area contributed by atoms with Crippen LogP contribution in [0.1, 0.15) is 222 Å². The number of benzene rings is 9. The first-order valence-electron chi connectivity index (χ1n) is 46.5. The monoisotopic (exact) mass is 1660 g/mol. The predicted octanol–water partition coefficient (Wildman–Crippen LogP) is 30.4. The van der Waals surface area contributed by atoms with Gasteiger partial charge in [0.05, 0.1) is 64.6 Å². The number of hydrogen-bond acceptors (Lipinski definition) is 0. The highest BCUT2D eigenvalue weighted by Crippen LogP contribution is 2.36. The number of hydrogen-bond donors (Lipinski definition) is 0. The van der Waals surface area contributed by atoms with Crippen LogP contribution in [0.3, 0.4) is 0 Å². The summed E-state index contributed by atoms with van der Waals surface area (Å²) in [7, 11) is 12.5. The summed E-state index contributed by atoms with van der Waals surface area (Å²) in [6, 6.07) is 85.8. The zero-order valence-electron chi connectivity index (χ0n) is 84.1. The second-order valence-corrected chi connectivity index (χ2v) is 24.9. The van der Waals surface area contributed by atoms with Gasteiger partial charge in [0.25, 0.3) is 11.5 Å². The van der Waals surface area contributed by atoms with E-state index in [0.29, 0.717) is 0 Å². The SMILES string of the molecule is CC.CC.CC.CC.CC.CC.CC.CC.CC.CC.CC.CC.CC.CC.Cc1cccc2c3ccccc3c3cc[n+](C)n3c12.Cc1cccc2c3ccccc3n(-c3cccc[n+]3C)c12.Cc1cccc2c3ccccc3n(-c3n(C)cc[n+]3C)c12.Cc1ccccc1-n1c2ccccc2c2ccc[n+](C)c21.Cc1ccccc1-n1ccc[n+]1C. The average Bonchev–Trinajstić information content (AvgIpc) is 1.71. The molecule has 0 unspecified atom stereocenters. The van der Waals surface area contributed by atoms with Crippen LogP contribution in [0.4, 0.5) is 0 Å². The van der Waals surface area contributed by atoms with Crippen molar-refractivity contribution >= 4 is 92.7 Å². The van der Waals surface area contributed by atoms with Crippen LogP contribution in [0.25, 0.3) is 116 Å². The summed E-state index contributed by atoms with van der Waals surface area (Å²) in [5, 5.41) is 11.8. The predicted molar refractivity (Wildman–Crippen MR) is 548 cm³/mol. The highest BCUT2D eigenvalue weighted by molar-refractivity contribution is 6.14. The van der Waals surface area contributed by atoms with Crippen molar-refractivity contribution in [2.75, 3.05) is 0 Å². The lowest BCUT2D eigenvalue weighted by Crippen LogP contribution is -2.36. The lowest BCUT2D eigenvalue weighted by Gasteiger charge is -2.08. The molecule has 0 aliphatic carbocycles. The lowest BCUT2D eigenvalue weighted by atomic mass is 10.0. The summed E-state index contributed by atoms with van der Waals surface area (Å²) in [6.07, 6.45) is 14.6. The van der Waals surface area contributed by atoms with Gasteiger partial charge in [-0.25, -0.2) is 18.3 Å². The van der Waals surface area contributed by atoms with Crippen molar-refractivity contribution in [3.8, 4) is 23.1 Å². The number of fused-ring (bicyclic) bond motifs is 15. The summed E-state index contributed by atoms with van der Waals surface area (Å²) in [5.74, 6) is 2.34. The van der Waals surface area contributed by atoms with Gasteiger partial charge in [0.1, 0.15) is 50.0 Å². The molecule has 0 aliphatic heterocycles. The molecule has 0 atom stereocenters. The molecule has 0 saturated heterocycles. The average molecular weight is 1660 g/mol. The normalized spacial score (nSPS) is 9.42. The fourth-order valence-corrected chi connectivity index (χ4v) is 14.2. The molecule has 11 heteroatoms. The number of nitrogens with zero attached hydrogens (tertiary/aromatic N) is 11. The van der Waals surface area contributed by atoms with Gasteiger partial charge in [-0.15, -0.1) is 18.6 Å². The third-order valence-electron chi connectivity index (χ3n) is 18.7. The number of aromatic nitrogens is 11. The summed E-state index contributed by atoms with van der Waals surface area (Å²) in [5.41, 5.74) is 19.1. The highest BCUT2D eigenvalue weighted by Gasteiger charge is 2.26. The Labute approximate surface area is 746 Å². The van der Waals surface area contributed by atoms with E-state index in [1.807, 2.05) is 213 Å². The topological polar surface area (TPSA) is 48.5 Å². The van der Waals surface area contributed by atoms with Crippen molar-refractivity contribution in [2.24, 2.45) is 42.3 Å². The molecule has 0 spiro atoms. The second kappa shape index (κ2) is 61.6. The number of para-hydroxylation sites is 8.